The van der Waals surface area contributed by atoms with E-state index in [2.05, 4.69) is 352 Å². The summed E-state index contributed by atoms with van der Waals surface area (Å²) in [6, 6.07) is 106. The Morgan fingerprint density at radius 1 is 0.183 bits per heavy atom. The number of anilines is 12. The highest BCUT2D eigenvalue weighted by Gasteiger charge is 2.25. The molecule has 0 saturated carbocycles. The Bertz CT molecular complexity index is 3690. The lowest BCUT2D eigenvalue weighted by molar-refractivity contribution is 1.25. The first-order valence-corrected chi connectivity index (χ1v) is 28.3. The van der Waals surface area contributed by atoms with E-state index in [1.807, 2.05) is 0 Å². The predicted octanol–water partition coefficient (Wildman–Crippen LogP) is 22.4. The average Bonchev–Trinajstić information content (AvgIpc) is 3.42. The second-order valence-corrected chi connectivity index (χ2v) is 21.5. The molecule has 398 valence electrons. The fraction of sp³-hybridized carbons (Fsp3) is 0.0769. The molecule has 4 heteroatoms. The SMILES string of the molecule is Cc1ccc(N(c2ccc(C)cc2)c2ccc(-c3cccc(-c4ccc(N(c5ccc(C)cc5)c5ccc(C)cc5)cc4C)c3-c3cc(N(c4ccccc4)c4ccccc4)cc(N(c4ccccc4)c4ccccc4)c3)c(C)c2)cc1. The fourth-order valence-electron chi connectivity index (χ4n) is 11.4. The smallest absolute Gasteiger partial charge is 0.0488 e. The van der Waals surface area contributed by atoms with E-state index in [0.29, 0.717) is 0 Å². The molecule has 0 aliphatic heterocycles. The van der Waals surface area contributed by atoms with Crippen molar-refractivity contribution in [1.29, 1.82) is 0 Å². The zero-order chi connectivity index (χ0) is 56.1. The molecule has 82 heavy (non-hydrogen) atoms. The van der Waals surface area contributed by atoms with Gasteiger partial charge in [0.1, 0.15) is 0 Å². The molecule has 12 rings (SSSR count). The maximum atomic E-state index is 2.40. The lowest BCUT2D eigenvalue weighted by Gasteiger charge is -2.31. The van der Waals surface area contributed by atoms with Crippen molar-refractivity contribution in [3.63, 3.8) is 0 Å². The van der Waals surface area contributed by atoms with Gasteiger partial charge in [0.25, 0.3) is 0 Å². The molecule has 0 bridgehead atoms. The van der Waals surface area contributed by atoms with Crippen molar-refractivity contribution >= 4 is 68.2 Å². The summed E-state index contributed by atoms with van der Waals surface area (Å²) in [7, 11) is 0. The van der Waals surface area contributed by atoms with Gasteiger partial charge in [-0.05, 0) is 226 Å². The van der Waals surface area contributed by atoms with Crippen LogP contribution in [0.15, 0.2) is 291 Å². The molecule has 0 spiro atoms. The maximum absolute atomic E-state index is 2.40. The minimum atomic E-state index is 1.03. The lowest BCUT2D eigenvalue weighted by Crippen LogP contribution is -2.13. The Kier molecular flexibility index (Phi) is 14.9. The molecule has 4 nitrogen and oxygen atoms in total. The van der Waals surface area contributed by atoms with Gasteiger partial charge in [0, 0.05) is 68.2 Å². The Morgan fingerprint density at radius 2 is 0.439 bits per heavy atom. The largest absolute Gasteiger partial charge is 0.310 e. The summed E-state index contributed by atoms with van der Waals surface area (Å²) in [5, 5.41) is 0. The van der Waals surface area contributed by atoms with Gasteiger partial charge in [0.2, 0.25) is 0 Å². The van der Waals surface area contributed by atoms with Crippen molar-refractivity contribution in [3.8, 4) is 33.4 Å². The van der Waals surface area contributed by atoms with Crippen LogP contribution in [0.4, 0.5) is 68.2 Å². The first-order valence-electron chi connectivity index (χ1n) is 28.3. The molecule has 12 aromatic rings. The molecule has 0 unspecified atom stereocenters. The maximum Gasteiger partial charge on any atom is 0.0488 e. The van der Waals surface area contributed by atoms with Crippen molar-refractivity contribution in [3.05, 3.63) is 325 Å². The molecular formula is C78H66N4. The van der Waals surface area contributed by atoms with Crippen LogP contribution in [0.25, 0.3) is 33.4 Å². The number of hydrogen-bond acceptors (Lipinski definition) is 4. The summed E-state index contributed by atoms with van der Waals surface area (Å²) >= 11 is 0. The third-order valence-corrected chi connectivity index (χ3v) is 15.5. The first-order chi connectivity index (χ1) is 40.1. The Labute approximate surface area is 484 Å². The first kappa shape index (κ1) is 52.5. The monoisotopic (exact) mass is 1060 g/mol. The molecule has 0 radical (unpaired) electrons. The molecule has 0 aliphatic rings. The molecular weight excluding hydrogens is 993 g/mol. The average molecular weight is 1060 g/mol. The third kappa shape index (κ3) is 11.0. The van der Waals surface area contributed by atoms with E-state index in [1.165, 1.54) is 33.4 Å². The second-order valence-electron chi connectivity index (χ2n) is 21.5. The van der Waals surface area contributed by atoms with Crippen LogP contribution in [-0.4, -0.2) is 0 Å². The van der Waals surface area contributed by atoms with Gasteiger partial charge in [-0.25, -0.2) is 0 Å². The van der Waals surface area contributed by atoms with Crippen LogP contribution >= 0.6 is 0 Å². The van der Waals surface area contributed by atoms with Gasteiger partial charge in [-0.3, -0.25) is 0 Å². The van der Waals surface area contributed by atoms with Gasteiger partial charge in [0.15, 0.2) is 0 Å². The predicted molar refractivity (Wildman–Crippen MR) is 350 cm³/mol. The van der Waals surface area contributed by atoms with Crippen LogP contribution < -0.4 is 19.6 Å². The van der Waals surface area contributed by atoms with Crippen molar-refractivity contribution in [2.75, 3.05) is 19.6 Å². The number of benzene rings is 12. The molecule has 0 heterocycles. The van der Waals surface area contributed by atoms with Crippen LogP contribution in [0.3, 0.4) is 0 Å². The summed E-state index contributed by atoms with van der Waals surface area (Å²) in [5.41, 5.74) is 27.0. The molecule has 0 N–H and O–H groups in total. The van der Waals surface area contributed by atoms with E-state index in [-0.39, 0.29) is 0 Å². The van der Waals surface area contributed by atoms with E-state index >= 15 is 0 Å². The number of nitrogens with zero attached hydrogens (tertiary/aromatic N) is 4. The molecule has 0 fully saturated rings. The molecule has 0 amide bonds. The van der Waals surface area contributed by atoms with E-state index < -0.39 is 0 Å². The van der Waals surface area contributed by atoms with Gasteiger partial charge in [-0.15, -0.1) is 0 Å². The van der Waals surface area contributed by atoms with Gasteiger partial charge in [0.05, 0.1) is 0 Å². The summed E-state index contributed by atoms with van der Waals surface area (Å²) in [6.07, 6.45) is 0. The highest BCUT2D eigenvalue weighted by molar-refractivity contribution is 6.00. The molecule has 0 atom stereocenters. The van der Waals surface area contributed by atoms with E-state index in [9.17, 15) is 0 Å². The van der Waals surface area contributed by atoms with Gasteiger partial charge in [-0.1, -0.05) is 174 Å². The number of hydrogen-bond donors (Lipinski definition) is 0. The lowest BCUT2D eigenvalue weighted by atomic mass is 9.84. The third-order valence-electron chi connectivity index (χ3n) is 15.5. The second kappa shape index (κ2) is 23.3. The zero-order valence-electron chi connectivity index (χ0n) is 47.5. The van der Waals surface area contributed by atoms with Gasteiger partial charge < -0.3 is 19.6 Å². The molecule has 12 aromatic carbocycles. The number of para-hydroxylation sites is 4. The minimum Gasteiger partial charge on any atom is -0.310 e. The Hall–Kier alpha value is -10.2. The van der Waals surface area contributed by atoms with Gasteiger partial charge >= 0.3 is 0 Å². The van der Waals surface area contributed by atoms with Crippen LogP contribution in [-0.2, 0) is 0 Å². The van der Waals surface area contributed by atoms with E-state index in [1.54, 1.807) is 0 Å². The quantitative estimate of drug-likeness (QED) is 0.101. The van der Waals surface area contributed by atoms with E-state index in [0.717, 1.165) is 102 Å². The van der Waals surface area contributed by atoms with E-state index in [4.69, 9.17) is 0 Å². The topological polar surface area (TPSA) is 13.0 Å². The summed E-state index contributed by atoms with van der Waals surface area (Å²) in [6.45, 7) is 13.1. The zero-order valence-corrected chi connectivity index (χ0v) is 47.5. The molecule has 0 aliphatic carbocycles. The number of rotatable bonds is 15. The minimum absolute atomic E-state index is 1.03. The standard InChI is InChI=1S/C78H66N4/c1-55-30-38-66(39-31-55)79(67-40-32-56(2)33-41-67)70-46-48-74(59(5)50-70)76-28-19-29-77(75-49-47-71(51-60(75)6)80(68-42-34-57(3)35-43-68)69-44-36-58(4)37-45-69)78(76)61-52-72(81(62-20-11-7-12-21-62)63-22-13-8-14-23-63)54-73(53-61)82(64-24-15-9-16-25-64)65-26-17-10-18-27-65/h7-54H,1-6H3. The summed E-state index contributed by atoms with van der Waals surface area (Å²) < 4.78 is 0. The van der Waals surface area contributed by atoms with Crippen LogP contribution in [0.5, 0.6) is 0 Å². The van der Waals surface area contributed by atoms with Crippen molar-refractivity contribution in [2.24, 2.45) is 0 Å². The van der Waals surface area contributed by atoms with Crippen molar-refractivity contribution < 1.29 is 0 Å². The number of aryl methyl sites for hydroxylation is 6. The van der Waals surface area contributed by atoms with Crippen molar-refractivity contribution in [2.45, 2.75) is 41.5 Å². The highest BCUT2D eigenvalue weighted by atomic mass is 15.2. The Balaban J connectivity index is 1.12. The highest BCUT2D eigenvalue weighted by Crippen LogP contribution is 2.49. The fourth-order valence-corrected chi connectivity index (χ4v) is 11.4. The summed E-state index contributed by atoms with van der Waals surface area (Å²) in [5.74, 6) is 0. The van der Waals surface area contributed by atoms with Crippen molar-refractivity contribution in [1.82, 2.24) is 0 Å². The molecule has 0 aromatic heterocycles. The van der Waals surface area contributed by atoms with Gasteiger partial charge in [-0.2, -0.15) is 0 Å². The van der Waals surface area contributed by atoms with Crippen LogP contribution in [0.1, 0.15) is 33.4 Å². The Morgan fingerprint density at radius 3 is 0.720 bits per heavy atom. The van der Waals surface area contributed by atoms with Crippen LogP contribution in [0.2, 0.25) is 0 Å². The normalized spacial score (nSPS) is 11.0. The molecule has 0 saturated heterocycles. The van der Waals surface area contributed by atoms with Crippen LogP contribution in [0, 0.1) is 41.5 Å². The summed E-state index contributed by atoms with van der Waals surface area (Å²) in [4.78, 5) is 9.51.